The molecule has 2 unspecified atom stereocenters. The Hall–Kier alpha value is -1.76. The van der Waals surface area contributed by atoms with Crippen LogP contribution in [0.3, 0.4) is 0 Å². The molecule has 1 aromatic rings. The molecule has 1 aromatic heterocycles. The number of carboxylic acids is 1. The van der Waals surface area contributed by atoms with Crippen molar-refractivity contribution >= 4 is 28.1 Å². The molecule has 0 saturated carbocycles. The number of hydrogen-bond donors (Lipinski definition) is 1. The number of carbonyl (C=O) groups is 2. The molecule has 92 valence electrons. The van der Waals surface area contributed by atoms with Crippen LogP contribution in [0.5, 0.6) is 0 Å². The summed E-state index contributed by atoms with van der Waals surface area (Å²) in [6, 6.07) is 1.18. The Labute approximate surface area is 101 Å². The second kappa shape index (κ2) is 5.05. The maximum Gasteiger partial charge on any atom is 0.324 e. The van der Waals surface area contributed by atoms with Crippen LogP contribution in [0.15, 0.2) is 11.4 Å². The van der Waals surface area contributed by atoms with Crippen LogP contribution >= 0.6 is 11.3 Å². The van der Waals surface area contributed by atoms with Gasteiger partial charge in [-0.1, -0.05) is 25.2 Å². The highest BCUT2D eigenvalue weighted by Gasteiger charge is 2.28. The van der Waals surface area contributed by atoms with Gasteiger partial charge in [0.2, 0.25) is 0 Å². The van der Waals surface area contributed by atoms with E-state index in [1.807, 2.05) is 0 Å². The zero-order valence-electron chi connectivity index (χ0n) is 9.25. The van der Waals surface area contributed by atoms with Gasteiger partial charge in [0, 0.05) is 22.9 Å². The number of carbonyl (C=O) groups excluding carboxylic acids is 1. The normalized spacial score (nSPS) is 14.0. The van der Waals surface area contributed by atoms with Crippen LogP contribution in [-0.2, 0) is 4.79 Å². The lowest BCUT2D eigenvalue weighted by Crippen LogP contribution is -2.25. The highest BCUT2D eigenvalue weighted by atomic mass is 32.1. The van der Waals surface area contributed by atoms with Crippen LogP contribution in [0.2, 0.25) is 0 Å². The second-order valence-corrected chi connectivity index (χ2v) is 4.60. The number of nitro groups is 1. The van der Waals surface area contributed by atoms with Crippen molar-refractivity contribution in [2.24, 2.45) is 11.8 Å². The predicted octanol–water partition coefficient (Wildman–Crippen LogP) is 2.20. The molecule has 1 N–H and O–H groups in total. The van der Waals surface area contributed by atoms with E-state index in [2.05, 4.69) is 0 Å². The van der Waals surface area contributed by atoms with Crippen molar-refractivity contribution in [3.8, 4) is 0 Å². The smallest absolute Gasteiger partial charge is 0.324 e. The van der Waals surface area contributed by atoms with Crippen LogP contribution in [0.25, 0.3) is 0 Å². The predicted molar refractivity (Wildman–Crippen MR) is 61.3 cm³/mol. The van der Waals surface area contributed by atoms with Gasteiger partial charge in [-0.05, 0) is 0 Å². The molecule has 1 heterocycles. The van der Waals surface area contributed by atoms with Crippen molar-refractivity contribution in [3.63, 3.8) is 0 Å². The lowest BCUT2D eigenvalue weighted by molar-refractivity contribution is -0.380. The molecule has 0 amide bonds. The molecular formula is C10H11NO5S. The first-order valence-corrected chi connectivity index (χ1v) is 5.72. The van der Waals surface area contributed by atoms with Crippen molar-refractivity contribution in [2.45, 2.75) is 13.8 Å². The summed E-state index contributed by atoms with van der Waals surface area (Å²) >= 11 is 0.856. The van der Waals surface area contributed by atoms with E-state index in [-0.39, 0.29) is 16.3 Å². The Morgan fingerprint density at radius 2 is 2.00 bits per heavy atom. The number of carboxylic acid groups (broad SMARTS) is 1. The monoisotopic (exact) mass is 257 g/mol. The number of thiophene rings is 1. The van der Waals surface area contributed by atoms with E-state index >= 15 is 0 Å². The van der Waals surface area contributed by atoms with Gasteiger partial charge in [0.15, 0.2) is 5.78 Å². The molecule has 0 fully saturated rings. The van der Waals surface area contributed by atoms with Crippen molar-refractivity contribution in [2.75, 3.05) is 0 Å². The van der Waals surface area contributed by atoms with Crippen molar-refractivity contribution in [1.82, 2.24) is 0 Å². The highest BCUT2D eigenvalue weighted by molar-refractivity contribution is 7.13. The molecule has 2 atom stereocenters. The standard InChI is InChI=1S/C10H11NO5S/c1-5(6(2)10(13)14)9(12)7-3-8(11(15)16)17-4-7/h3-6H,1-2H3,(H,13,14). The summed E-state index contributed by atoms with van der Waals surface area (Å²) < 4.78 is 0. The van der Waals surface area contributed by atoms with Crippen LogP contribution in [0.4, 0.5) is 5.00 Å². The van der Waals surface area contributed by atoms with Gasteiger partial charge in [0.25, 0.3) is 0 Å². The topological polar surface area (TPSA) is 97.5 Å². The summed E-state index contributed by atoms with van der Waals surface area (Å²) in [5.74, 6) is -2.97. The zero-order valence-corrected chi connectivity index (χ0v) is 10.1. The lowest BCUT2D eigenvalue weighted by Gasteiger charge is -2.13. The molecule has 0 aromatic carbocycles. The highest BCUT2D eigenvalue weighted by Crippen LogP contribution is 2.26. The fourth-order valence-electron chi connectivity index (χ4n) is 1.25. The first-order chi connectivity index (χ1) is 7.84. The Balaban J connectivity index is 2.89. The van der Waals surface area contributed by atoms with Gasteiger partial charge < -0.3 is 5.11 Å². The van der Waals surface area contributed by atoms with Gasteiger partial charge in [-0.3, -0.25) is 19.7 Å². The molecule has 1 rings (SSSR count). The van der Waals surface area contributed by atoms with Gasteiger partial charge in [0.05, 0.1) is 10.8 Å². The Morgan fingerprint density at radius 3 is 2.41 bits per heavy atom. The second-order valence-electron chi connectivity index (χ2n) is 3.71. The fraction of sp³-hybridized carbons (Fsp3) is 0.400. The first-order valence-electron chi connectivity index (χ1n) is 4.84. The third-order valence-electron chi connectivity index (χ3n) is 2.60. The molecule has 7 heteroatoms. The van der Waals surface area contributed by atoms with E-state index in [1.165, 1.54) is 25.3 Å². The van der Waals surface area contributed by atoms with Crippen molar-refractivity contribution in [1.29, 1.82) is 0 Å². The van der Waals surface area contributed by atoms with Gasteiger partial charge >= 0.3 is 11.0 Å². The van der Waals surface area contributed by atoms with Crippen LogP contribution < -0.4 is 0 Å². The summed E-state index contributed by atoms with van der Waals surface area (Å²) in [5, 5.41) is 20.5. The van der Waals surface area contributed by atoms with E-state index in [9.17, 15) is 19.7 Å². The summed E-state index contributed by atoms with van der Waals surface area (Å²) in [7, 11) is 0. The van der Waals surface area contributed by atoms with Gasteiger partial charge in [0.1, 0.15) is 0 Å². The van der Waals surface area contributed by atoms with E-state index in [0.717, 1.165) is 11.3 Å². The molecular weight excluding hydrogens is 246 g/mol. The lowest BCUT2D eigenvalue weighted by atomic mass is 9.89. The quantitative estimate of drug-likeness (QED) is 0.495. The fourth-order valence-corrected chi connectivity index (χ4v) is 1.97. The van der Waals surface area contributed by atoms with E-state index in [1.54, 1.807) is 0 Å². The summed E-state index contributed by atoms with van der Waals surface area (Å²) in [4.78, 5) is 32.5. The molecule has 0 radical (unpaired) electrons. The zero-order chi connectivity index (χ0) is 13.2. The number of Topliss-reactive ketones (excluding diaryl/α,β-unsaturated/α-hetero) is 1. The first kappa shape index (κ1) is 13.3. The average Bonchev–Trinajstić information content (AvgIpc) is 2.75. The third kappa shape index (κ3) is 2.88. The molecule has 0 aliphatic carbocycles. The number of aliphatic carboxylic acids is 1. The Bertz CT molecular complexity index is 467. The molecule has 0 aliphatic heterocycles. The Kier molecular flexibility index (Phi) is 3.95. The minimum Gasteiger partial charge on any atom is -0.481 e. The van der Waals surface area contributed by atoms with Crippen molar-refractivity contribution in [3.05, 3.63) is 27.1 Å². The third-order valence-corrected chi connectivity index (χ3v) is 3.48. The molecule has 0 spiro atoms. The minimum absolute atomic E-state index is 0.122. The van der Waals surface area contributed by atoms with Gasteiger partial charge in [-0.15, -0.1) is 0 Å². The summed E-state index contributed by atoms with van der Waals surface area (Å²) in [5.41, 5.74) is 0.197. The van der Waals surface area contributed by atoms with Gasteiger partial charge in [-0.25, -0.2) is 0 Å². The SMILES string of the molecule is CC(C(=O)O)C(C)C(=O)c1csc([N+](=O)[O-])c1. The maximum absolute atomic E-state index is 11.8. The van der Waals surface area contributed by atoms with E-state index < -0.39 is 22.7 Å². The largest absolute Gasteiger partial charge is 0.481 e. The molecule has 0 saturated heterocycles. The number of nitrogens with zero attached hydrogens (tertiary/aromatic N) is 1. The van der Waals surface area contributed by atoms with E-state index in [0.29, 0.717) is 0 Å². The van der Waals surface area contributed by atoms with Crippen LogP contribution in [-0.4, -0.2) is 21.8 Å². The number of hydrogen-bond acceptors (Lipinski definition) is 5. The molecule has 0 aliphatic rings. The summed E-state index contributed by atoms with van der Waals surface area (Å²) in [6.07, 6.45) is 0. The van der Waals surface area contributed by atoms with Crippen LogP contribution in [0, 0.1) is 22.0 Å². The molecule has 6 nitrogen and oxygen atoms in total. The van der Waals surface area contributed by atoms with E-state index in [4.69, 9.17) is 5.11 Å². The Morgan fingerprint density at radius 1 is 1.41 bits per heavy atom. The van der Waals surface area contributed by atoms with Crippen molar-refractivity contribution < 1.29 is 19.6 Å². The molecule has 17 heavy (non-hydrogen) atoms. The maximum atomic E-state index is 11.8. The average molecular weight is 257 g/mol. The summed E-state index contributed by atoms with van der Waals surface area (Å²) in [6.45, 7) is 2.94. The van der Waals surface area contributed by atoms with Gasteiger partial charge in [-0.2, -0.15) is 0 Å². The number of ketones is 1. The minimum atomic E-state index is -1.06. The number of rotatable bonds is 5. The van der Waals surface area contributed by atoms with Crippen LogP contribution in [0.1, 0.15) is 24.2 Å². The molecule has 0 bridgehead atoms.